The Kier molecular flexibility index (Phi) is 6.44. The van der Waals surface area contributed by atoms with E-state index in [1.54, 1.807) is 0 Å². The van der Waals surface area contributed by atoms with Crippen molar-refractivity contribution in [3.63, 3.8) is 0 Å². The van der Waals surface area contributed by atoms with E-state index in [9.17, 15) is 4.79 Å². The van der Waals surface area contributed by atoms with Crippen LogP contribution in [0.3, 0.4) is 0 Å². The smallest absolute Gasteiger partial charge is 0.224 e. The van der Waals surface area contributed by atoms with Gasteiger partial charge in [-0.05, 0) is 55.2 Å². The number of nitrogens with one attached hydrogen (secondary N) is 1. The van der Waals surface area contributed by atoms with Crippen molar-refractivity contribution >= 4 is 24.0 Å². The van der Waals surface area contributed by atoms with Crippen LogP contribution in [0, 0.1) is 20.8 Å². The Bertz CT molecular complexity index is 628. The maximum atomic E-state index is 12.0. The van der Waals surface area contributed by atoms with Crippen LogP contribution in [0.2, 0.25) is 0 Å². The van der Waals surface area contributed by atoms with Crippen molar-refractivity contribution in [2.24, 2.45) is 0 Å². The summed E-state index contributed by atoms with van der Waals surface area (Å²) in [5.41, 5.74) is 12.2. The molecule has 0 aromatic heterocycles. The average molecular weight is 319 g/mol. The van der Waals surface area contributed by atoms with E-state index in [2.05, 4.69) is 38.2 Å². The van der Waals surface area contributed by atoms with E-state index >= 15 is 0 Å². The predicted molar refractivity (Wildman–Crippen MR) is 94.3 cm³/mol. The van der Waals surface area contributed by atoms with Crippen LogP contribution in [0.15, 0.2) is 36.4 Å². The molecule has 22 heavy (non-hydrogen) atoms. The summed E-state index contributed by atoms with van der Waals surface area (Å²) in [5.74, 6) is 0.0270. The molecule has 0 fully saturated rings. The van der Waals surface area contributed by atoms with Crippen LogP contribution in [-0.4, -0.2) is 5.91 Å². The molecule has 0 bridgehead atoms. The van der Waals surface area contributed by atoms with E-state index in [4.69, 9.17) is 5.73 Å². The van der Waals surface area contributed by atoms with Gasteiger partial charge in [-0.1, -0.05) is 29.8 Å². The molecular weight excluding hydrogens is 296 g/mol. The number of halogens is 1. The molecule has 118 valence electrons. The fourth-order valence-corrected chi connectivity index (χ4v) is 2.56. The third-order valence-electron chi connectivity index (χ3n) is 3.65. The Morgan fingerprint density at radius 1 is 1.05 bits per heavy atom. The van der Waals surface area contributed by atoms with E-state index in [0.29, 0.717) is 18.7 Å². The second-order valence-corrected chi connectivity index (χ2v) is 5.57. The van der Waals surface area contributed by atoms with Gasteiger partial charge in [0.2, 0.25) is 5.91 Å². The van der Waals surface area contributed by atoms with Crippen molar-refractivity contribution < 1.29 is 4.79 Å². The van der Waals surface area contributed by atoms with Gasteiger partial charge < -0.3 is 11.1 Å². The molecule has 2 aromatic rings. The number of nitrogen functional groups attached to an aromatic ring is 1. The Morgan fingerprint density at radius 3 is 2.14 bits per heavy atom. The number of hydrogen-bond donors (Lipinski definition) is 2. The number of anilines is 1. The number of amides is 1. The molecule has 0 saturated heterocycles. The van der Waals surface area contributed by atoms with Gasteiger partial charge in [-0.15, -0.1) is 12.4 Å². The standard InChI is InChI=1S/C18H22N2O.ClH/c1-12-8-13(2)17(14(3)9-12)11-20-18(21)10-15-4-6-16(19)7-5-15;/h4-9H,10-11,19H2,1-3H3,(H,20,21);1H. The normalized spacial score (nSPS) is 9.95. The highest BCUT2D eigenvalue weighted by Crippen LogP contribution is 2.16. The minimum atomic E-state index is 0. The van der Waals surface area contributed by atoms with E-state index < -0.39 is 0 Å². The Labute approximate surface area is 138 Å². The van der Waals surface area contributed by atoms with Gasteiger partial charge in [0.15, 0.2) is 0 Å². The van der Waals surface area contributed by atoms with Crippen molar-refractivity contribution in [1.82, 2.24) is 5.32 Å². The number of rotatable bonds is 4. The molecule has 2 rings (SSSR count). The second kappa shape index (κ2) is 7.85. The third-order valence-corrected chi connectivity index (χ3v) is 3.65. The van der Waals surface area contributed by atoms with Gasteiger partial charge in [0.25, 0.3) is 0 Å². The lowest BCUT2D eigenvalue weighted by molar-refractivity contribution is -0.120. The van der Waals surface area contributed by atoms with E-state index in [-0.39, 0.29) is 18.3 Å². The number of carbonyl (C=O) groups excluding carboxylic acids is 1. The van der Waals surface area contributed by atoms with Crippen LogP contribution in [0.1, 0.15) is 27.8 Å². The molecule has 3 nitrogen and oxygen atoms in total. The topological polar surface area (TPSA) is 55.1 Å². The van der Waals surface area contributed by atoms with Crippen LogP contribution in [0.4, 0.5) is 5.69 Å². The second-order valence-electron chi connectivity index (χ2n) is 5.57. The number of carbonyl (C=O) groups is 1. The molecule has 1 amide bonds. The van der Waals surface area contributed by atoms with Crippen molar-refractivity contribution in [2.75, 3.05) is 5.73 Å². The van der Waals surface area contributed by atoms with Crippen molar-refractivity contribution in [2.45, 2.75) is 33.7 Å². The molecule has 0 aliphatic carbocycles. The molecule has 0 unspecified atom stereocenters. The maximum absolute atomic E-state index is 12.0. The molecule has 0 radical (unpaired) electrons. The van der Waals surface area contributed by atoms with Crippen LogP contribution in [0.25, 0.3) is 0 Å². The molecule has 3 N–H and O–H groups in total. The molecular formula is C18H23ClN2O. The molecule has 0 spiro atoms. The van der Waals surface area contributed by atoms with Crippen molar-refractivity contribution in [1.29, 1.82) is 0 Å². The highest BCUT2D eigenvalue weighted by atomic mass is 35.5. The lowest BCUT2D eigenvalue weighted by atomic mass is 10.00. The molecule has 4 heteroatoms. The van der Waals surface area contributed by atoms with Crippen LogP contribution >= 0.6 is 12.4 Å². The lowest BCUT2D eigenvalue weighted by Crippen LogP contribution is -2.25. The first-order chi connectivity index (χ1) is 9.95. The quantitative estimate of drug-likeness (QED) is 0.848. The monoisotopic (exact) mass is 318 g/mol. The zero-order chi connectivity index (χ0) is 15.4. The first kappa shape index (κ1) is 18.1. The summed E-state index contributed by atoms with van der Waals surface area (Å²) in [6, 6.07) is 11.7. The summed E-state index contributed by atoms with van der Waals surface area (Å²) in [5, 5.41) is 2.99. The molecule has 0 atom stereocenters. The van der Waals surface area contributed by atoms with Gasteiger partial charge >= 0.3 is 0 Å². The molecule has 0 heterocycles. The minimum Gasteiger partial charge on any atom is -0.399 e. The van der Waals surface area contributed by atoms with Gasteiger partial charge in [0, 0.05) is 12.2 Å². The highest BCUT2D eigenvalue weighted by Gasteiger charge is 2.07. The van der Waals surface area contributed by atoms with Crippen LogP contribution < -0.4 is 11.1 Å². The summed E-state index contributed by atoms with van der Waals surface area (Å²) < 4.78 is 0. The summed E-state index contributed by atoms with van der Waals surface area (Å²) in [7, 11) is 0. The largest absolute Gasteiger partial charge is 0.399 e. The summed E-state index contributed by atoms with van der Waals surface area (Å²) in [6.07, 6.45) is 0.379. The van der Waals surface area contributed by atoms with Crippen LogP contribution in [0.5, 0.6) is 0 Å². The summed E-state index contributed by atoms with van der Waals surface area (Å²) >= 11 is 0. The number of aryl methyl sites for hydroxylation is 3. The summed E-state index contributed by atoms with van der Waals surface area (Å²) in [6.45, 7) is 6.83. The molecule has 0 aliphatic heterocycles. The van der Waals surface area contributed by atoms with Crippen molar-refractivity contribution in [3.05, 3.63) is 64.2 Å². The molecule has 0 saturated carbocycles. The van der Waals surface area contributed by atoms with Gasteiger partial charge in [-0.25, -0.2) is 0 Å². The van der Waals surface area contributed by atoms with Gasteiger partial charge in [-0.3, -0.25) is 4.79 Å². The minimum absolute atomic E-state index is 0. The van der Waals surface area contributed by atoms with E-state index in [1.807, 2.05) is 24.3 Å². The first-order valence-corrected chi connectivity index (χ1v) is 7.13. The SMILES string of the molecule is Cc1cc(C)c(CNC(=O)Cc2ccc(N)cc2)c(C)c1.Cl. The third kappa shape index (κ3) is 4.78. The Balaban J connectivity index is 0.00000242. The van der Waals surface area contributed by atoms with Crippen molar-refractivity contribution in [3.8, 4) is 0 Å². The zero-order valence-corrected chi connectivity index (χ0v) is 14.1. The van der Waals surface area contributed by atoms with E-state index in [1.165, 1.54) is 22.3 Å². The molecule has 2 aromatic carbocycles. The number of benzene rings is 2. The fourth-order valence-electron chi connectivity index (χ4n) is 2.56. The van der Waals surface area contributed by atoms with Crippen LogP contribution in [-0.2, 0) is 17.8 Å². The Hall–Kier alpha value is -2.00. The van der Waals surface area contributed by atoms with Gasteiger partial charge in [-0.2, -0.15) is 0 Å². The van der Waals surface area contributed by atoms with Gasteiger partial charge in [0.1, 0.15) is 0 Å². The zero-order valence-electron chi connectivity index (χ0n) is 13.3. The first-order valence-electron chi connectivity index (χ1n) is 7.13. The number of hydrogen-bond acceptors (Lipinski definition) is 2. The molecule has 0 aliphatic rings. The Morgan fingerprint density at radius 2 is 1.59 bits per heavy atom. The fraction of sp³-hybridized carbons (Fsp3) is 0.278. The predicted octanol–water partition coefficient (Wildman–Crippen LogP) is 3.47. The summed E-state index contributed by atoms with van der Waals surface area (Å²) in [4.78, 5) is 12.0. The average Bonchev–Trinajstić information content (AvgIpc) is 2.40. The van der Waals surface area contributed by atoms with E-state index in [0.717, 1.165) is 5.56 Å². The van der Waals surface area contributed by atoms with Gasteiger partial charge in [0.05, 0.1) is 6.42 Å². The maximum Gasteiger partial charge on any atom is 0.224 e. The lowest BCUT2D eigenvalue weighted by Gasteiger charge is -2.12. The highest BCUT2D eigenvalue weighted by molar-refractivity contribution is 5.85. The number of nitrogens with two attached hydrogens (primary N) is 1.